The van der Waals surface area contributed by atoms with Gasteiger partial charge in [-0.3, -0.25) is 0 Å². The number of para-hydroxylation sites is 2. The molecule has 0 fully saturated rings. The van der Waals surface area contributed by atoms with E-state index in [0.29, 0.717) is 11.6 Å². The monoisotopic (exact) mass is 274 g/mol. The highest BCUT2D eigenvalue weighted by atomic mass is 32.2. The highest BCUT2D eigenvalue weighted by Gasteiger charge is 2.06. The molecule has 0 unspecified atom stereocenters. The molecule has 0 saturated heterocycles. The maximum atomic E-state index is 13.3. The van der Waals surface area contributed by atoms with Crippen molar-refractivity contribution in [2.45, 2.75) is 10.6 Å². The van der Waals surface area contributed by atoms with Crippen LogP contribution in [0.3, 0.4) is 0 Å². The Labute approximate surface area is 113 Å². The molecule has 0 spiro atoms. The Bertz CT molecular complexity index is 693. The van der Waals surface area contributed by atoms with Gasteiger partial charge in [-0.2, -0.15) is 0 Å². The SMILES string of the molecule is Nc1ccc(SCc2nc3ccccc3o2)cc1F. The van der Waals surface area contributed by atoms with Crippen molar-refractivity contribution in [2.75, 3.05) is 5.73 Å². The highest BCUT2D eigenvalue weighted by molar-refractivity contribution is 7.98. The average molecular weight is 274 g/mol. The molecule has 0 radical (unpaired) electrons. The Morgan fingerprint density at radius 3 is 2.84 bits per heavy atom. The van der Waals surface area contributed by atoms with E-state index < -0.39 is 5.82 Å². The van der Waals surface area contributed by atoms with Crippen molar-refractivity contribution in [3.05, 3.63) is 54.2 Å². The number of fused-ring (bicyclic) bond motifs is 1. The summed E-state index contributed by atoms with van der Waals surface area (Å²) < 4.78 is 18.9. The molecule has 0 aliphatic rings. The lowest BCUT2D eigenvalue weighted by Crippen LogP contribution is -1.90. The van der Waals surface area contributed by atoms with Crippen LogP contribution in [-0.4, -0.2) is 4.98 Å². The van der Waals surface area contributed by atoms with E-state index in [2.05, 4.69) is 4.98 Å². The number of hydrogen-bond acceptors (Lipinski definition) is 4. The lowest BCUT2D eigenvalue weighted by atomic mass is 10.3. The van der Waals surface area contributed by atoms with Gasteiger partial charge >= 0.3 is 0 Å². The molecule has 3 rings (SSSR count). The maximum Gasteiger partial charge on any atom is 0.205 e. The summed E-state index contributed by atoms with van der Waals surface area (Å²) in [6, 6.07) is 12.4. The maximum absolute atomic E-state index is 13.3. The minimum absolute atomic E-state index is 0.159. The Balaban J connectivity index is 1.76. The van der Waals surface area contributed by atoms with Crippen LogP contribution in [0.25, 0.3) is 11.1 Å². The average Bonchev–Trinajstić information content (AvgIpc) is 2.83. The van der Waals surface area contributed by atoms with E-state index >= 15 is 0 Å². The van der Waals surface area contributed by atoms with E-state index in [1.807, 2.05) is 24.3 Å². The lowest BCUT2D eigenvalue weighted by molar-refractivity contribution is 0.556. The number of nitrogen functional groups attached to an aromatic ring is 1. The second-order valence-electron chi connectivity index (χ2n) is 4.05. The zero-order valence-electron chi connectivity index (χ0n) is 9.97. The predicted octanol–water partition coefficient (Wildman–Crippen LogP) is 3.84. The molecule has 5 heteroatoms. The minimum atomic E-state index is -0.400. The van der Waals surface area contributed by atoms with Gasteiger partial charge in [-0.25, -0.2) is 9.37 Å². The summed E-state index contributed by atoms with van der Waals surface area (Å²) in [5.41, 5.74) is 7.19. The van der Waals surface area contributed by atoms with E-state index in [0.717, 1.165) is 16.0 Å². The summed E-state index contributed by atoms with van der Waals surface area (Å²) in [6.07, 6.45) is 0. The molecule has 0 saturated carbocycles. The van der Waals surface area contributed by atoms with Gasteiger partial charge in [0.25, 0.3) is 0 Å². The quantitative estimate of drug-likeness (QED) is 0.582. The third kappa shape index (κ3) is 2.56. The summed E-state index contributed by atoms with van der Waals surface area (Å²) in [5.74, 6) is 0.781. The predicted molar refractivity (Wildman–Crippen MR) is 74.4 cm³/mol. The number of nitrogens with zero attached hydrogens (tertiary/aromatic N) is 1. The van der Waals surface area contributed by atoms with Gasteiger partial charge in [0.2, 0.25) is 5.89 Å². The molecular formula is C14H11FN2OS. The smallest absolute Gasteiger partial charge is 0.205 e. The molecule has 1 heterocycles. The van der Waals surface area contributed by atoms with E-state index in [1.165, 1.54) is 17.8 Å². The van der Waals surface area contributed by atoms with Gasteiger partial charge in [0.05, 0.1) is 11.4 Å². The fourth-order valence-electron chi connectivity index (χ4n) is 1.72. The third-order valence-electron chi connectivity index (χ3n) is 2.67. The Kier molecular flexibility index (Phi) is 3.13. The molecule has 0 bridgehead atoms. The van der Waals surface area contributed by atoms with Crippen LogP contribution in [-0.2, 0) is 5.75 Å². The van der Waals surface area contributed by atoms with Crippen LogP contribution in [0.2, 0.25) is 0 Å². The first-order chi connectivity index (χ1) is 9.22. The Morgan fingerprint density at radius 1 is 1.21 bits per heavy atom. The third-order valence-corrected chi connectivity index (χ3v) is 3.65. The fourth-order valence-corrected chi connectivity index (χ4v) is 2.49. The summed E-state index contributed by atoms with van der Waals surface area (Å²) in [4.78, 5) is 5.16. The van der Waals surface area contributed by atoms with Crippen LogP contribution < -0.4 is 5.73 Å². The van der Waals surface area contributed by atoms with Gasteiger partial charge in [0, 0.05) is 4.90 Å². The topological polar surface area (TPSA) is 52.0 Å². The van der Waals surface area contributed by atoms with Gasteiger partial charge in [0.1, 0.15) is 11.3 Å². The molecule has 1 aromatic heterocycles. The highest BCUT2D eigenvalue weighted by Crippen LogP contribution is 2.26. The molecule has 96 valence electrons. The number of benzene rings is 2. The Hall–Kier alpha value is -2.01. The van der Waals surface area contributed by atoms with Gasteiger partial charge in [-0.05, 0) is 30.3 Å². The van der Waals surface area contributed by atoms with Crippen molar-refractivity contribution in [3.8, 4) is 0 Å². The van der Waals surface area contributed by atoms with Crippen molar-refractivity contribution < 1.29 is 8.81 Å². The molecule has 2 aromatic carbocycles. The summed E-state index contributed by atoms with van der Waals surface area (Å²) in [7, 11) is 0. The van der Waals surface area contributed by atoms with E-state index in [9.17, 15) is 4.39 Å². The minimum Gasteiger partial charge on any atom is -0.440 e. The van der Waals surface area contributed by atoms with Crippen molar-refractivity contribution in [1.82, 2.24) is 4.98 Å². The number of nitrogens with two attached hydrogens (primary N) is 1. The fraction of sp³-hybridized carbons (Fsp3) is 0.0714. The zero-order chi connectivity index (χ0) is 13.2. The number of halogens is 1. The molecule has 2 N–H and O–H groups in total. The molecule has 0 aliphatic carbocycles. The van der Waals surface area contributed by atoms with Crippen LogP contribution in [0.15, 0.2) is 51.8 Å². The summed E-state index contributed by atoms with van der Waals surface area (Å²) in [5, 5.41) is 0. The van der Waals surface area contributed by atoms with Crippen LogP contribution >= 0.6 is 11.8 Å². The Morgan fingerprint density at radius 2 is 2.05 bits per heavy atom. The normalized spacial score (nSPS) is 11.0. The number of thioether (sulfide) groups is 1. The van der Waals surface area contributed by atoms with Crippen LogP contribution in [0.4, 0.5) is 10.1 Å². The second kappa shape index (κ2) is 4.93. The first-order valence-electron chi connectivity index (χ1n) is 5.74. The van der Waals surface area contributed by atoms with Gasteiger partial charge in [0.15, 0.2) is 5.58 Å². The molecular weight excluding hydrogens is 263 g/mol. The molecule has 3 nitrogen and oxygen atoms in total. The van der Waals surface area contributed by atoms with Crippen LogP contribution in [0, 0.1) is 5.82 Å². The van der Waals surface area contributed by atoms with Crippen molar-refractivity contribution in [2.24, 2.45) is 0 Å². The van der Waals surface area contributed by atoms with Crippen molar-refractivity contribution in [3.63, 3.8) is 0 Å². The van der Waals surface area contributed by atoms with E-state index in [4.69, 9.17) is 10.2 Å². The van der Waals surface area contributed by atoms with Gasteiger partial charge in [-0.15, -0.1) is 11.8 Å². The summed E-state index contributed by atoms with van der Waals surface area (Å²) >= 11 is 1.46. The first kappa shape index (κ1) is 12.0. The molecule has 3 aromatic rings. The lowest BCUT2D eigenvalue weighted by Gasteiger charge is -2.01. The van der Waals surface area contributed by atoms with Gasteiger partial charge in [-0.1, -0.05) is 12.1 Å². The van der Waals surface area contributed by atoms with Crippen LogP contribution in [0.1, 0.15) is 5.89 Å². The first-order valence-corrected chi connectivity index (χ1v) is 6.73. The van der Waals surface area contributed by atoms with Crippen molar-refractivity contribution in [1.29, 1.82) is 0 Å². The number of aromatic nitrogens is 1. The second-order valence-corrected chi connectivity index (χ2v) is 5.10. The van der Waals surface area contributed by atoms with Gasteiger partial charge < -0.3 is 10.2 Å². The number of rotatable bonds is 3. The number of anilines is 1. The number of hydrogen-bond donors (Lipinski definition) is 1. The van der Waals surface area contributed by atoms with Crippen molar-refractivity contribution >= 4 is 28.5 Å². The summed E-state index contributed by atoms with van der Waals surface area (Å²) in [6.45, 7) is 0. The zero-order valence-corrected chi connectivity index (χ0v) is 10.8. The molecule has 0 amide bonds. The van der Waals surface area contributed by atoms with E-state index in [-0.39, 0.29) is 5.69 Å². The van der Waals surface area contributed by atoms with E-state index in [1.54, 1.807) is 12.1 Å². The largest absolute Gasteiger partial charge is 0.440 e. The van der Waals surface area contributed by atoms with Crippen LogP contribution in [0.5, 0.6) is 0 Å². The number of oxazole rings is 1. The molecule has 0 aliphatic heterocycles. The molecule has 0 atom stereocenters. The standard InChI is InChI=1S/C14H11FN2OS/c15-10-7-9(5-6-11(10)16)19-8-14-17-12-3-1-2-4-13(12)18-14/h1-7H,8,16H2. The molecule has 19 heavy (non-hydrogen) atoms.